The van der Waals surface area contributed by atoms with E-state index in [-0.39, 0.29) is 23.5 Å². The van der Waals surface area contributed by atoms with Crippen molar-refractivity contribution < 1.29 is 14.3 Å². The van der Waals surface area contributed by atoms with Gasteiger partial charge in [0.1, 0.15) is 5.82 Å². The van der Waals surface area contributed by atoms with Gasteiger partial charge in [-0.2, -0.15) is 0 Å². The Bertz CT molecular complexity index is 618. The number of thiophene rings is 1. The summed E-state index contributed by atoms with van der Waals surface area (Å²) in [5.74, 6) is -1.36. The third-order valence-electron chi connectivity index (χ3n) is 3.16. The van der Waals surface area contributed by atoms with Crippen LogP contribution in [-0.2, 0) is 4.79 Å². The zero-order valence-electron chi connectivity index (χ0n) is 11.3. The van der Waals surface area contributed by atoms with Gasteiger partial charge in [0.25, 0.3) is 0 Å². The fourth-order valence-corrected chi connectivity index (χ4v) is 2.99. The van der Waals surface area contributed by atoms with Gasteiger partial charge < -0.3 is 10.4 Å². The third-order valence-corrected chi connectivity index (χ3v) is 4.45. The molecule has 0 aliphatic carbocycles. The van der Waals surface area contributed by atoms with Crippen molar-refractivity contribution in [2.45, 2.75) is 25.4 Å². The Morgan fingerprint density at radius 3 is 2.81 bits per heavy atom. The summed E-state index contributed by atoms with van der Waals surface area (Å²) in [7, 11) is 0. The molecule has 6 heteroatoms. The van der Waals surface area contributed by atoms with E-state index in [9.17, 15) is 9.18 Å². The Kier molecular flexibility index (Phi) is 5.33. The first kappa shape index (κ1) is 15.9. The highest BCUT2D eigenvalue weighted by Gasteiger charge is 2.19. The molecule has 1 aromatic carbocycles. The van der Waals surface area contributed by atoms with Crippen molar-refractivity contribution in [2.24, 2.45) is 0 Å². The van der Waals surface area contributed by atoms with Crippen molar-refractivity contribution in [3.05, 3.63) is 57.0 Å². The van der Waals surface area contributed by atoms with E-state index >= 15 is 0 Å². The molecule has 0 radical (unpaired) electrons. The van der Waals surface area contributed by atoms with E-state index in [2.05, 4.69) is 5.32 Å². The van der Waals surface area contributed by atoms with E-state index in [1.54, 1.807) is 6.07 Å². The molecule has 2 unspecified atom stereocenters. The average Bonchev–Trinajstić information content (AvgIpc) is 2.94. The summed E-state index contributed by atoms with van der Waals surface area (Å²) in [6, 6.07) is 7.87. The van der Waals surface area contributed by atoms with Crippen molar-refractivity contribution in [3.63, 3.8) is 0 Å². The van der Waals surface area contributed by atoms with Crippen LogP contribution in [0, 0.1) is 5.82 Å². The highest BCUT2D eigenvalue weighted by Crippen LogP contribution is 2.27. The number of hydrogen-bond acceptors (Lipinski definition) is 3. The maximum absolute atomic E-state index is 13.5. The van der Waals surface area contributed by atoms with Crippen molar-refractivity contribution in [3.8, 4) is 0 Å². The van der Waals surface area contributed by atoms with Crippen LogP contribution in [0.25, 0.3) is 0 Å². The Morgan fingerprint density at radius 1 is 1.48 bits per heavy atom. The molecule has 21 heavy (non-hydrogen) atoms. The molecular weight excluding hydrogens is 313 g/mol. The fraction of sp³-hybridized carbons (Fsp3) is 0.267. The minimum absolute atomic E-state index is 0.0269. The van der Waals surface area contributed by atoms with Crippen molar-refractivity contribution in [1.29, 1.82) is 0 Å². The van der Waals surface area contributed by atoms with Crippen LogP contribution in [0.2, 0.25) is 5.02 Å². The molecule has 2 aromatic rings. The third kappa shape index (κ3) is 4.27. The van der Waals surface area contributed by atoms with E-state index in [1.165, 1.54) is 23.5 Å². The van der Waals surface area contributed by atoms with Gasteiger partial charge in [-0.3, -0.25) is 4.79 Å². The van der Waals surface area contributed by atoms with Crippen LogP contribution in [0.1, 0.15) is 35.9 Å². The number of benzene rings is 1. The molecule has 0 spiro atoms. The van der Waals surface area contributed by atoms with Gasteiger partial charge in [-0.1, -0.05) is 23.7 Å². The minimum atomic E-state index is -0.879. The maximum atomic E-state index is 13.5. The predicted octanol–water partition coefficient (Wildman–Crippen LogP) is 4.41. The summed E-state index contributed by atoms with van der Waals surface area (Å²) < 4.78 is 13.5. The number of rotatable bonds is 6. The topological polar surface area (TPSA) is 49.3 Å². The summed E-state index contributed by atoms with van der Waals surface area (Å²) >= 11 is 7.16. The number of carboxylic acid groups (broad SMARTS) is 1. The van der Waals surface area contributed by atoms with Crippen molar-refractivity contribution >= 4 is 28.9 Å². The second-order valence-corrected chi connectivity index (χ2v) is 6.11. The molecule has 1 heterocycles. The first-order valence-corrected chi connectivity index (χ1v) is 7.69. The molecule has 0 bridgehead atoms. The van der Waals surface area contributed by atoms with Crippen LogP contribution >= 0.6 is 22.9 Å². The van der Waals surface area contributed by atoms with Crippen molar-refractivity contribution in [2.75, 3.05) is 0 Å². The minimum Gasteiger partial charge on any atom is -0.481 e. The summed E-state index contributed by atoms with van der Waals surface area (Å²) in [5.41, 5.74) is 0.726. The fourth-order valence-electron chi connectivity index (χ4n) is 2.09. The molecule has 0 saturated carbocycles. The average molecular weight is 328 g/mol. The van der Waals surface area contributed by atoms with Gasteiger partial charge in [0, 0.05) is 10.9 Å². The molecule has 2 rings (SSSR count). The number of hydrogen-bond donors (Lipinski definition) is 2. The lowest BCUT2D eigenvalue weighted by Gasteiger charge is -2.22. The number of aliphatic carboxylic acids is 1. The lowest BCUT2D eigenvalue weighted by molar-refractivity contribution is -0.137. The molecule has 3 nitrogen and oxygen atoms in total. The van der Waals surface area contributed by atoms with E-state index < -0.39 is 11.8 Å². The lowest BCUT2D eigenvalue weighted by Crippen LogP contribution is -2.26. The first-order chi connectivity index (χ1) is 9.97. The van der Waals surface area contributed by atoms with Gasteiger partial charge in [-0.25, -0.2) is 4.39 Å². The number of carbonyl (C=O) groups is 1. The molecule has 0 aliphatic heterocycles. The molecule has 0 amide bonds. The zero-order chi connectivity index (χ0) is 15.4. The second-order valence-electron chi connectivity index (χ2n) is 4.73. The van der Waals surface area contributed by atoms with Gasteiger partial charge in [-0.05, 0) is 36.1 Å². The Labute approximate surface area is 131 Å². The predicted molar refractivity (Wildman–Crippen MR) is 82.3 cm³/mol. The molecule has 112 valence electrons. The highest BCUT2D eigenvalue weighted by molar-refractivity contribution is 7.10. The van der Waals surface area contributed by atoms with Crippen LogP contribution in [0.5, 0.6) is 0 Å². The molecular formula is C15H15ClFNO2S. The summed E-state index contributed by atoms with van der Waals surface area (Å²) in [4.78, 5) is 12.0. The Morgan fingerprint density at radius 2 is 2.24 bits per heavy atom. The Hall–Kier alpha value is -1.43. The largest absolute Gasteiger partial charge is 0.481 e. The van der Waals surface area contributed by atoms with Gasteiger partial charge in [0.15, 0.2) is 0 Å². The lowest BCUT2D eigenvalue weighted by atomic mass is 10.1. The second kappa shape index (κ2) is 7.02. The molecule has 1 aromatic heterocycles. The number of nitrogens with one attached hydrogen (secondary N) is 1. The summed E-state index contributed by atoms with van der Waals surface area (Å²) in [5, 5.41) is 14.2. The van der Waals surface area contributed by atoms with Crippen LogP contribution in [0.15, 0.2) is 35.7 Å². The van der Waals surface area contributed by atoms with Gasteiger partial charge >= 0.3 is 5.97 Å². The van der Waals surface area contributed by atoms with E-state index in [1.807, 2.05) is 24.4 Å². The first-order valence-electron chi connectivity index (χ1n) is 6.43. The molecule has 2 N–H and O–H groups in total. The summed E-state index contributed by atoms with van der Waals surface area (Å²) in [6.07, 6.45) is -0.0269. The van der Waals surface area contributed by atoms with Gasteiger partial charge in [0.05, 0.1) is 17.5 Å². The Balaban J connectivity index is 2.15. The molecule has 0 aliphatic rings. The highest BCUT2D eigenvalue weighted by atomic mass is 35.5. The monoisotopic (exact) mass is 327 g/mol. The van der Waals surface area contributed by atoms with Crippen LogP contribution in [0.4, 0.5) is 4.39 Å². The normalized spacial score (nSPS) is 13.9. The zero-order valence-corrected chi connectivity index (χ0v) is 12.9. The number of halogens is 2. The number of carboxylic acids is 1. The van der Waals surface area contributed by atoms with E-state index in [0.717, 1.165) is 10.4 Å². The van der Waals surface area contributed by atoms with Crippen LogP contribution < -0.4 is 5.32 Å². The summed E-state index contributed by atoms with van der Waals surface area (Å²) in [6.45, 7) is 1.87. The molecule has 2 atom stereocenters. The molecule has 0 saturated heterocycles. The maximum Gasteiger partial charge on any atom is 0.305 e. The van der Waals surface area contributed by atoms with Gasteiger partial charge in [0.2, 0.25) is 0 Å². The van der Waals surface area contributed by atoms with E-state index in [4.69, 9.17) is 16.7 Å². The van der Waals surface area contributed by atoms with Crippen LogP contribution in [0.3, 0.4) is 0 Å². The smallest absolute Gasteiger partial charge is 0.305 e. The SMILES string of the molecule is CC(NC(CC(=O)O)c1cccs1)c1ccc(Cl)c(F)c1. The van der Waals surface area contributed by atoms with Gasteiger partial charge in [-0.15, -0.1) is 11.3 Å². The van der Waals surface area contributed by atoms with Crippen molar-refractivity contribution in [1.82, 2.24) is 5.32 Å². The standard InChI is InChI=1S/C15H15ClFNO2S/c1-9(10-4-5-11(16)12(17)7-10)18-13(8-15(19)20)14-3-2-6-21-14/h2-7,9,13,18H,8H2,1H3,(H,19,20). The molecule has 0 fully saturated rings. The quantitative estimate of drug-likeness (QED) is 0.826. The van der Waals surface area contributed by atoms with Crippen LogP contribution in [-0.4, -0.2) is 11.1 Å². The van der Waals surface area contributed by atoms with E-state index in [0.29, 0.717) is 0 Å².